The van der Waals surface area contributed by atoms with E-state index in [2.05, 4.69) is 11.1 Å². The number of para-hydroxylation sites is 2. The highest BCUT2D eigenvalue weighted by Crippen LogP contribution is 2.10. The lowest BCUT2D eigenvalue weighted by atomic mass is 10.3. The topological polar surface area (TPSA) is 54.1 Å². The summed E-state index contributed by atoms with van der Waals surface area (Å²) in [4.78, 5) is 11.7. The molecule has 1 unspecified atom stereocenters. The number of hydrogen-bond acceptors (Lipinski definition) is 4. The molecule has 0 spiro atoms. The van der Waals surface area contributed by atoms with E-state index in [0.29, 0.717) is 6.54 Å². The Morgan fingerprint density at radius 2 is 2.24 bits per heavy atom. The molecule has 0 radical (unpaired) electrons. The Bertz CT molecular complexity index is 541. The predicted molar refractivity (Wildman–Crippen MR) is 64.3 cm³/mol. The van der Waals surface area contributed by atoms with E-state index in [-0.39, 0.29) is 0 Å². The van der Waals surface area contributed by atoms with Gasteiger partial charge in [0.1, 0.15) is 17.9 Å². The third-order valence-electron chi connectivity index (χ3n) is 2.34. The maximum absolute atomic E-state index is 9.01. The highest BCUT2D eigenvalue weighted by atomic mass is 16.7. The summed E-state index contributed by atoms with van der Waals surface area (Å²) < 4.78 is 1.55. The molecule has 0 bridgehead atoms. The van der Waals surface area contributed by atoms with Gasteiger partial charge < -0.3 is 9.74 Å². The number of imidazole rings is 1. The van der Waals surface area contributed by atoms with Crippen LogP contribution in [-0.2, 0) is 0 Å². The van der Waals surface area contributed by atoms with Crippen LogP contribution in [0.15, 0.2) is 30.6 Å². The SMILES string of the molecule is CN(C)CC(C#N)On1cnc2ccccc21. The van der Waals surface area contributed by atoms with E-state index in [9.17, 15) is 0 Å². The summed E-state index contributed by atoms with van der Waals surface area (Å²) in [6, 6.07) is 9.77. The molecule has 0 aliphatic carbocycles. The van der Waals surface area contributed by atoms with Gasteiger partial charge in [0, 0.05) is 0 Å². The Labute approximate surface area is 99.8 Å². The molecule has 5 nitrogen and oxygen atoms in total. The van der Waals surface area contributed by atoms with Crippen molar-refractivity contribution in [2.45, 2.75) is 6.10 Å². The Morgan fingerprint density at radius 3 is 2.94 bits per heavy atom. The third-order valence-corrected chi connectivity index (χ3v) is 2.34. The molecule has 0 N–H and O–H groups in total. The largest absolute Gasteiger partial charge is 0.392 e. The van der Waals surface area contributed by atoms with Gasteiger partial charge in [0.2, 0.25) is 6.10 Å². The monoisotopic (exact) mass is 230 g/mol. The average Bonchev–Trinajstić information content (AvgIpc) is 2.71. The number of benzene rings is 1. The molecule has 1 aromatic carbocycles. The van der Waals surface area contributed by atoms with Crippen molar-refractivity contribution in [1.29, 1.82) is 5.26 Å². The van der Waals surface area contributed by atoms with Gasteiger partial charge in [-0.15, -0.1) is 0 Å². The molecule has 1 atom stereocenters. The Hall–Kier alpha value is -2.06. The van der Waals surface area contributed by atoms with Crippen molar-refractivity contribution in [2.24, 2.45) is 0 Å². The lowest BCUT2D eigenvalue weighted by Gasteiger charge is -2.16. The van der Waals surface area contributed by atoms with Crippen LogP contribution in [0.2, 0.25) is 0 Å². The number of fused-ring (bicyclic) bond motifs is 1. The van der Waals surface area contributed by atoms with E-state index in [0.717, 1.165) is 11.0 Å². The minimum absolute atomic E-state index is 0.511. The molecular formula is C12H14N4O. The number of nitriles is 1. The van der Waals surface area contributed by atoms with Crippen LogP contribution in [0.1, 0.15) is 0 Å². The van der Waals surface area contributed by atoms with Crippen molar-refractivity contribution in [3.8, 4) is 6.07 Å². The smallest absolute Gasteiger partial charge is 0.223 e. The molecule has 1 aromatic heterocycles. The summed E-state index contributed by atoms with van der Waals surface area (Å²) >= 11 is 0. The molecule has 5 heteroatoms. The standard InChI is InChI=1S/C12H14N4O/c1-15(2)8-10(7-13)17-16-9-14-11-5-3-4-6-12(11)16/h3-6,9-10H,8H2,1-2H3. The average molecular weight is 230 g/mol. The minimum atomic E-state index is -0.511. The molecule has 0 aliphatic heterocycles. The van der Waals surface area contributed by atoms with E-state index in [1.54, 1.807) is 11.1 Å². The second-order valence-electron chi connectivity index (χ2n) is 4.04. The second kappa shape index (κ2) is 4.85. The van der Waals surface area contributed by atoms with Gasteiger partial charge >= 0.3 is 0 Å². The van der Waals surface area contributed by atoms with Crippen LogP contribution in [0.4, 0.5) is 0 Å². The van der Waals surface area contributed by atoms with Gasteiger partial charge in [-0.2, -0.15) is 9.99 Å². The van der Waals surface area contributed by atoms with Crippen molar-refractivity contribution in [3.05, 3.63) is 30.6 Å². The van der Waals surface area contributed by atoms with Gasteiger partial charge in [0.05, 0.1) is 12.1 Å². The summed E-state index contributed by atoms with van der Waals surface area (Å²) in [6.07, 6.45) is 1.08. The number of rotatable bonds is 4. The van der Waals surface area contributed by atoms with Gasteiger partial charge in [-0.1, -0.05) is 12.1 Å². The summed E-state index contributed by atoms with van der Waals surface area (Å²) in [5.74, 6) is 0. The van der Waals surface area contributed by atoms with Gasteiger partial charge in [-0.3, -0.25) is 0 Å². The zero-order valence-electron chi connectivity index (χ0n) is 9.87. The van der Waals surface area contributed by atoms with Crippen molar-refractivity contribution in [1.82, 2.24) is 14.6 Å². The quantitative estimate of drug-likeness (QED) is 0.783. The first-order valence-electron chi connectivity index (χ1n) is 5.34. The number of likely N-dealkylation sites (N-methyl/N-ethyl adjacent to an activating group) is 1. The van der Waals surface area contributed by atoms with E-state index in [4.69, 9.17) is 10.1 Å². The lowest BCUT2D eigenvalue weighted by molar-refractivity contribution is 0.0614. The van der Waals surface area contributed by atoms with Crippen molar-refractivity contribution in [3.63, 3.8) is 0 Å². The normalized spacial score (nSPS) is 12.6. The van der Waals surface area contributed by atoms with Gasteiger partial charge in [0.15, 0.2) is 0 Å². The number of aromatic nitrogens is 2. The second-order valence-corrected chi connectivity index (χ2v) is 4.04. The Balaban J connectivity index is 2.20. The van der Waals surface area contributed by atoms with Crippen molar-refractivity contribution in [2.75, 3.05) is 20.6 Å². The van der Waals surface area contributed by atoms with Gasteiger partial charge in [-0.25, -0.2) is 4.98 Å². The fourth-order valence-corrected chi connectivity index (χ4v) is 1.59. The maximum Gasteiger partial charge on any atom is 0.223 e. The first-order valence-corrected chi connectivity index (χ1v) is 5.34. The van der Waals surface area contributed by atoms with Crippen LogP contribution in [0.25, 0.3) is 11.0 Å². The van der Waals surface area contributed by atoms with E-state index in [1.165, 1.54) is 0 Å². The van der Waals surface area contributed by atoms with Crippen LogP contribution >= 0.6 is 0 Å². The molecule has 0 saturated carbocycles. The van der Waals surface area contributed by atoms with Crippen molar-refractivity contribution >= 4 is 11.0 Å². The number of nitrogens with zero attached hydrogens (tertiary/aromatic N) is 4. The van der Waals surface area contributed by atoms with Crippen LogP contribution in [0, 0.1) is 11.3 Å². The Kier molecular flexibility index (Phi) is 3.26. The zero-order valence-corrected chi connectivity index (χ0v) is 9.87. The first-order chi connectivity index (χ1) is 8.20. The van der Waals surface area contributed by atoms with E-state index >= 15 is 0 Å². The minimum Gasteiger partial charge on any atom is -0.392 e. The summed E-state index contributed by atoms with van der Waals surface area (Å²) in [6.45, 7) is 0.545. The van der Waals surface area contributed by atoms with Crippen LogP contribution in [-0.4, -0.2) is 41.4 Å². The zero-order chi connectivity index (χ0) is 12.3. The summed E-state index contributed by atoms with van der Waals surface area (Å²) in [7, 11) is 3.80. The van der Waals surface area contributed by atoms with Crippen LogP contribution < -0.4 is 4.84 Å². The van der Waals surface area contributed by atoms with E-state index in [1.807, 2.05) is 43.3 Å². The molecule has 0 amide bonds. The molecule has 0 saturated heterocycles. The molecule has 88 valence electrons. The number of hydrogen-bond donors (Lipinski definition) is 0. The predicted octanol–water partition coefficient (Wildman–Crippen LogP) is 0.919. The molecular weight excluding hydrogens is 216 g/mol. The highest BCUT2D eigenvalue weighted by Gasteiger charge is 2.12. The first kappa shape index (κ1) is 11.4. The lowest BCUT2D eigenvalue weighted by Crippen LogP contribution is -2.33. The molecule has 2 aromatic rings. The molecule has 17 heavy (non-hydrogen) atoms. The third kappa shape index (κ3) is 2.55. The summed E-state index contributed by atoms with van der Waals surface area (Å²) in [5.41, 5.74) is 1.72. The fourth-order valence-electron chi connectivity index (χ4n) is 1.59. The van der Waals surface area contributed by atoms with Crippen LogP contribution in [0.3, 0.4) is 0 Å². The van der Waals surface area contributed by atoms with Gasteiger partial charge in [-0.05, 0) is 26.2 Å². The molecule has 2 rings (SSSR count). The fraction of sp³-hybridized carbons (Fsp3) is 0.333. The van der Waals surface area contributed by atoms with Crippen LogP contribution in [0.5, 0.6) is 0 Å². The van der Waals surface area contributed by atoms with E-state index < -0.39 is 6.10 Å². The Morgan fingerprint density at radius 1 is 1.47 bits per heavy atom. The molecule has 1 heterocycles. The van der Waals surface area contributed by atoms with Gasteiger partial charge in [0.25, 0.3) is 0 Å². The molecule has 0 fully saturated rings. The summed E-state index contributed by atoms with van der Waals surface area (Å²) in [5, 5.41) is 9.01. The van der Waals surface area contributed by atoms with Crippen molar-refractivity contribution < 1.29 is 4.84 Å². The highest BCUT2D eigenvalue weighted by molar-refractivity contribution is 5.74. The molecule has 0 aliphatic rings. The maximum atomic E-state index is 9.01.